The highest BCUT2D eigenvalue weighted by Crippen LogP contribution is 2.27. The second-order valence-corrected chi connectivity index (χ2v) is 5.36. The zero-order valence-electron chi connectivity index (χ0n) is 14.8. The Hall–Kier alpha value is -4.88. The number of phenols is 2. The first kappa shape index (κ1) is 21.4. The van der Waals surface area contributed by atoms with Crippen molar-refractivity contribution in [1.82, 2.24) is 10.9 Å². The molecule has 2 rings (SSSR count). The number of benzene rings is 2. The SMILES string of the molecule is O=C(N/N=C\C=N/NC(=O)c1ccc(O)c([N+](=O)[O-])c1)c1ccc(O)c([N+](=O)[O-])c1. The van der Waals surface area contributed by atoms with Crippen molar-refractivity contribution in [2.45, 2.75) is 0 Å². The van der Waals surface area contributed by atoms with Crippen molar-refractivity contribution in [3.8, 4) is 11.5 Å². The van der Waals surface area contributed by atoms with Gasteiger partial charge >= 0.3 is 11.4 Å². The average Bonchev–Trinajstić information content (AvgIpc) is 2.70. The summed E-state index contributed by atoms with van der Waals surface area (Å²) in [4.78, 5) is 43.5. The first-order valence-corrected chi connectivity index (χ1v) is 7.81. The zero-order chi connectivity index (χ0) is 22.3. The van der Waals surface area contributed by atoms with E-state index >= 15 is 0 Å². The van der Waals surface area contributed by atoms with E-state index < -0.39 is 44.5 Å². The predicted molar refractivity (Wildman–Crippen MR) is 101 cm³/mol. The predicted octanol–water partition coefficient (Wildman–Crippen LogP) is 1.05. The van der Waals surface area contributed by atoms with Gasteiger partial charge in [-0.3, -0.25) is 29.8 Å². The summed E-state index contributed by atoms with van der Waals surface area (Å²) in [5.74, 6) is -2.80. The molecule has 0 atom stereocenters. The summed E-state index contributed by atoms with van der Waals surface area (Å²) >= 11 is 0. The Morgan fingerprint density at radius 2 is 1.17 bits per heavy atom. The van der Waals surface area contributed by atoms with Gasteiger partial charge in [0.25, 0.3) is 11.8 Å². The Morgan fingerprint density at radius 3 is 1.50 bits per heavy atom. The van der Waals surface area contributed by atoms with Gasteiger partial charge in [0.2, 0.25) is 0 Å². The Balaban J connectivity index is 1.92. The summed E-state index contributed by atoms with van der Waals surface area (Å²) in [5.41, 5.74) is 2.55. The molecule has 0 saturated heterocycles. The lowest BCUT2D eigenvalue weighted by molar-refractivity contribution is -0.386. The molecule has 0 aromatic heterocycles. The van der Waals surface area contributed by atoms with Crippen molar-refractivity contribution < 1.29 is 29.6 Å². The summed E-state index contributed by atoms with van der Waals surface area (Å²) in [7, 11) is 0. The van der Waals surface area contributed by atoms with Crippen molar-refractivity contribution in [3.05, 3.63) is 67.8 Å². The molecule has 0 aliphatic heterocycles. The van der Waals surface area contributed by atoms with Gasteiger partial charge in [0.1, 0.15) is 0 Å². The number of carbonyl (C=O) groups excluding carboxylic acids is 2. The minimum absolute atomic E-state index is 0.129. The summed E-state index contributed by atoms with van der Waals surface area (Å²) in [5, 5.41) is 47.1. The highest BCUT2D eigenvalue weighted by molar-refractivity contribution is 6.16. The average molecular weight is 416 g/mol. The number of hydrazone groups is 2. The molecule has 0 radical (unpaired) electrons. The number of nitro groups is 2. The molecule has 0 unspecified atom stereocenters. The van der Waals surface area contributed by atoms with E-state index in [1.54, 1.807) is 0 Å². The molecule has 2 aromatic rings. The van der Waals surface area contributed by atoms with E-state index in [2.05, 4.69) is 21.1 Å². The Bertz CT molecular complexity index is 996. The van der Waals surface area contributed by atoms with Crippen LogP contribution in [0.4, 0.5) is 11.4 Å². The molecule has 0 bridgehead atoms. The monoisotopic (exact) mass is 416 g/mol. The fourth-order valence-electron chi connectivity index (χ4n) is 2.01. The number of phenolic OH excluding ortho intramolecular Hbond substituents is 2. The molecule has 0 aliphatic carbocycles. The molecule has 2 amide bonds. The maximum absolute atomic E-state index is 11.9. The van der Waals surface area contributed by atoms with E-state index in [0.29, 0.717) is 0 Å². The first-order valence-electron chi connectivity index (χ1n) is 7.81. The van der Waals surface area contributed by atoms with Crippen LogP contribution in [0.3, 0.4) is 0 Å². The highest BCUT2D eigenvalue weighted by atomic mass is 16.6. The molecule has 14 heteroatoms. The number of aromatic hydroxyl groups is 2. The quantitative estimate of drug-likeness (QED) is 0.290. The number of nitro benzene ring substituents is 2. The van der Waals surface area contributed by atoms with E-state index in [-0.39, 0.29) is 11.1 Å². The number of nitrogens with zero attached hydrogens (tertiary/aromatic N) is 4. The van der Waals surface area contributed by atoms with Gasteiger partial charge in [-0.25, -0.2) is 10.9 Å². The van der Waals surface area contributed by atoms with Gasteiger partial charge in [0.15, 0.2) is 11.5 Å². The van der Waals surface area contributed by atoms with Gasteiger partial charge in [0.05, 0.1) is 22.3 Å². The molecule has 154 valence electrons. The molecule has 30 heavy (non-hydrogen) atoms. The molecule has 2 aromatic carbocycles. The third-order valence-electron chi connectivity index (χ3n) is 3.42. The van der Waals surface area contributed by atoms with Gasteiger partial charge in [-0.2, -0.15) is 10.2 Å². The minimum atomic E-state index is -0.854. The Kier molecular flexibility index (Phi) is 6.68. The Labute approximate surface area is 166 Å². The van der Waals surface area contributed by atoms with E-state index in [9.17, 15) is 40.0 Å². The standard InChI is InChI=1S/C16H12N6O8/c23-13-3-1-9(7-11(13)21(27)28)15(25)19-17-5-6-18-20-16(26)10-2-4-14(24)12(8-10)22(29)30/h1-8,23-24H,(H,19,25)(H,20,26)/b17-5-,18-6-. The van der Waals surface area contributed by atoms with Crippen molar-refractivity contribution >= 4 is 35.6 Å². The van der Waals surface area contributed by atoms with Gasteiger partial charge in [-0.1, -0.05) is 0 Å². The molecule has 0 heterocycles. The fourth-order valence-corrected chi connectivity index (χ4v) is 2.01. The number of hydrogen-bond acceptors (Lipinski definition) is 10. The van der Waals surface area contributed by atoms with Gasteiger partial charge in [-0.05, 0) is 24.3 Å². The lowest BCUT2D eigenvalue weighted by atomic mass is 10.2. The molecule has 4 N–H and O–H groups in total. The molecule has 0 saturated carbocycles. The van der Waals surface area contributed by atoms with Crippen LogP contribution < -0.4 is 10.9 Å². The zero-order valence-corrected chi connectivity index (χ0v) is 14.8. The van der Waals surface area contributed by atoms with Crippen LogP contribution >= 0.6 is 0 Å². The number of rotatable bonds is 7. The summed E-state index contributed by atoms with van der Waals surface area (Å²) < 4.78 is 0. The van der Waals surface area contributed by atoms with Crippen LogP contribution in [0.25, 0.3) is 0 Å². The summed E-state index contributed by atoms with van der Waals surface area (Å²) in [6.45, 7) is 0. The van der Waals surface area contributed by atoms with Crippen molar-refractivity contribution in [1.29, 1.82) is 0 Å². The molecule has 0 aliphatic rings. The van der Waals surface area contributed by atoms with Gasteiger partial charge in [-0.15, -0.1) is 0 Å². The number of carbonyl (C=O) groups is 2. The van der Waals surface area contributed by atoms with Crippen molar-refractivity contribution in [2.75, 3.05) is 0 Å². The van der Waals surface area contributed by atoms with Crippen LogP contribution in [-0.2, 0) is 0 Å². The topological polar surface area (TPSA) is 210 Å². The van der Waals surface area contributed by atoms with E-state index in [1.165, 1.54) is 0 Å². The molecule has 0 fully saturated rings. The van der Waals surface area contributed by atoms with Crippen LogP contribution in [0, 0.1) is 20.2 Å². The second kappa shape index (κ2) is 9.36. The van der Waals surface area contributed by atoms with Crippen LogP contribution in [-0.4, -0.2) is 44.3 Å². The fraction of sp³-hybridized carbons (Fsp3) is 0. The molecule has 0 spiro atoms. The third kappa shape index (κ3) is 5.32. The van der Waals surface area contributed by atoms with Gasteiger partial charge in [0, 0.05) is 23.3 Å². The van der Waals surface area contributed by atoms with Crippen LogP contribution in [0.1, 0.15) is 20.7 Å². The summed E-state index contributed by atoms with van der Waals surface area (Å²) in [6, 6.07) is 6.01. The minimum Gasteiger partial charge on any atom is -0.502 e. The van der Waals surface area contributed by atoms with Crippen molar-refractivity contribution in [2.24, 2.45) is 10.2 Å². The number of nitrogens with one attached hydrogen (secondary N) is 2. The van der Waals surface area contributed by atoms with Gasteiger partial charge < -0.3 is 10.2 Å². The number of hydrogen-bond donors (Lipinski definition) is 4. The maximum Gasteiger partial charge on any atom is 0.311 e. The van der Waals surface area contributed by atoms with Crippen molar-refractivity contribution in [3.63, 3.8) is 0 Å². The van der Waals surface area contributed by atoms with E-state index in [1.807, 2.05) is 0 Å². The lowest BCUT2D eigenvalue weighted by Crippen LogP contribution is -2.19. The van der Waals surface area contributed by atoms with E-state index in [4.69, 9.17) is 0 Å². The maximum atomic E-state index is 11.9. The summed E-state index contributed by atoms with van der Waals surface area (Å²) in [6.07, 6.45) is 1.96. The van der Waals surface area contributed by atoms with E-state index in [0.717, 1.165) is 48.8 Å². The van der Waals surface area contributed by atoms with Crippen LogP contribution in [0.2, 0.25) is 0 Å². The van der Waals surface area contributed by atoms with Crippen LogP contribution in [0.5, 0.6) is 11.5 Å². The Morgan fingerprint density at radius 1 is 0.800 bits per heavy atom. The normalized spacial score (nSPS) is 10.8. The second-order valence-electron chi connectivity index (χ2n) is 5.36. The molecular formula is C16H12N6O8. The smallest absolute Gasteiger partial charge is 0.311 e. The molecule has 14 nitrogen and oxygen atoms in total. The first-order chi connectivity index (χ1) is 14.2. The lowest BCUT2D eigenvalue weighted by Gasteiger charge is -2.01. The largest absolute Gasteiger partial charge is 0.502 e. The molecular weight excluding hydrogens is 404 g/mol. The van der Waals surface area contributed by atoms with Crippen LogP contribution in [0.15, 0.2) is 46.6 Å². The number of amides is 2. The third-order valence-corrected chi connectivity index (χ3v) is 3.42. The highest BCUT2D eigenvalue weighted by Gasteiger charge is 2.17.